The van der Waals surface area contributed by atoms with E-state index >= 15 is 0 Å². The molecule has 1 saturated carbocycles. The summed E-state index contributed by atoms with van der Waals surface area (Å²) in [5.41, 5.74) is -0.263. The molecule has 1 aromatic heterocycles. The van der Waals surface area contributed by atoms with Crippen molar-refractivity contribution in [3.63, 3.8) is 0 Å². The second-order valence-electron chi connectivity index (χ2n) is 12.1. The highest BCUT2D eigenvalue weighted by Gasteiger charge is 2.57. The van der Waals surface area contributed by atoms with E-state index in [1.54, 1.807) is 41.9 Å². The molecule has 0 N–H and O–H groups in total. The van der Waals surface area contributed by atoms with E-state index in [4.69, 9.17) is 0 Å². The van der Waals surface area contributed by atoms with Gasteiger partial charge in [-0.25, -0.2) is 8.78 Å². The monoisotopic (exact) mass is 573 g/mol. The van der Waals surface area contributed by atoms with Crippen LogP contribution in [0.4, 0.5) is 27.6 Å². The Morgan fingerprint density at radius 3 is 2.56 bits per heavy atom. The zero-order chi connectivity index (χ0) is 29.2. The number of rotatable bonds is 6. The Morgan fingerprint density at radius 2 is 1.90 bits per heavy atom. The number of hydrogen-bond donors (Lipinski definition) is 0. The average Bonchev–Trinajstić information content (AvgIpc) is 3.44. The second-order valence-corrected chi connectivity index (χ2v) is 12.1. The van der Waals surface area contributed by atoms with E-state index in [0.29, 0.717) is 35.1 Å². The molecule has 1 aliphatic carbocycles. The highest BCUT2D eigenvalue weighted by Crippen LogP contribution is 2.55. The molecule has 3 heterocycles. The topological polar surface area (TPSA) is 54.3 Å². The number of piperidine rings is 1. The van der Waals surface area contributed by atoms with Crippen molar-refractivity contribution in [1.29, 1.82) is 0 Å². The third-order valence-corrected chi connectivity index (χ3v) is 8.82. The molecular weight excluding hydrogens is 541 g/mol. The first-order valence-corrected chi connectivity index (χ1v) is 13.9. The summed E-state index contributed by atoms with van der Waals surface area (Å²) in [6.07, 6.45) is -1.57. The molecule has 3 aliphatic rings. The second kappa shape index (κ2) is 9.89. The van der Waals surface area contributed by atoms with Crippen molar-refractivity contribution in [3.8, 4) is 0 Å². The van der Waals surface area contributed by atoms with Crippen LogP contribution >= 0.6 is 0 Å². The van der Waals surface area contributed by atoms with Crippen molar-refractivity contribution in [2.75, 3.05) is 18.0 Å². The lowest BCUT2D eigenvalue weighted by Crippen LogP contribution is -2.51. The Hall–Kier alpha value is -3.34. The standard InChI is InChI=1S/C30H32F5N5O/c1-19-5-4-8-39(13-19)14-20-9-23-24(25(10-20)30(33,34)35)15-40(27(23)41)22-7-3-6-21(11-22)28(16-29(31,32)17-28)12-26-37-36-18-38(26)2/h3,6-7,9-11,18-19H,4-5,8,12-17H2,1-2H3. The normalized spacial score (nSPS) is 22.1. The van der Waals surface area contributed by atoms with Gasteiger partial charge in [-0.15, -0.1) is 10.2 Å². The molecule has 11 heteroatoms. The van der Waals surface area contributed by atoms with Crippen LogP contribution in [0.3, 0.4) is 0 Å². The van der Waals surface area contributed by atoms with Crippen molar-refractivity contribution < 1.29 is 26.7 Å². The van der Waals surface area contributed by atoms with Crippen LogP contribution in [0.1, 0.15) is 71.0 Å². The van der Waals surface area contributed by atoms with E-state index in [9.17, 15) is 26.7 Å². The van der Waals surface area contributed by atoms with Gasteiger partial charge in [-0.1, -0.05) is 19.1 Å². The summed E-state index contributed by atoms with van der Waals surface area (Å²) in [4.78, 5) is 17.1. The molecule has 2 aliphatic heterocycles. The Kier molecular flexibility index (Phi) is 6.71. The van der Waals surface area contributed by atoms with E-state index in [0.717, 1.165) is 25.9 Å². The van der Waals surface area contributed by atoms with Gasteiger partial charge in [0.05, 0.1) is 12.1 Å². The quantitative estimate of drug-likeness (QED) is 0.333. The van der Waals surface area contributed by atoms with Gasteiger partial charge in [0.2, 0.25) is 5.92 Å². The Balaban J connectivity index is 1.32. The van der Waals surface area contributed by atoms with E-state index in [-0.39, 0.29) is 36.9 Å². The van der Waals surface area contributed by atoms with Gasteiger partial charge < -0.3 is 9.47 Å². The van der Waals surface area contributed by atoms with Crippen LogP contribution < -0.4 is 4.90 Å². The Morgan fingerprint density at radius 1 is 1.12 bits per heavy atom. The van der Waals surface area contributed by atoms with E-state index in [1.807, 2.05) is 0 Å². The van der Waals surface area contributed by atoms with Crippen molar-refractivity contribution in [2.45, 2.75) is 69.6 Å². The van der Waals surface area contributed by atoms with Gasteiger partial charge in [-0.2, -0.15) is 13.2 Å². The number of likely N-dealkylation sites (tertiary alicyclic amines) is 1. The van der Waals surface area contributed by atoms with E-state index < -0.39 is 29.0 Å². The number of aryl methyl sites for hydroxylation is 1. The molecule has 218 valence electrons. The highest BCUT2D eigenvalue weighted by molar-refractivity contribution is 6.10. The minimum atomic E-state index is -4.62. The third-order valence-electron chi connectivity index (χ3n) is 8.82. The van der Waals surface area contributed by atoms with Crippen LogP contribution in [0.5, 0.6) is 0 Å². The van der Waals surface area contributed by atoms with Crippen LogP contribution in [-0.2, 0) is 38.1 Å². The number of amides is 1. The molecule has 0 radical (unpaired) electrons. The minimum Gasteiger partial charge on any atom is -0.321 e. The maximum atomic E-state index is 14.3. The molecule has 0 bridgehead atoms. The summed E-state index contributed by atoms with van der Waals surface area (Å²) in [5.74, 6) is -2.32. The first-order valence-electron chi connectivity index (χ1n) is 13.9. The van der Waals surface area contributed by atoms with Crippen molar-refractivity contribution in [3.05, 3.63) is 76.4 Å². The predicted octanol–water partition coefficient (Wildman–Crippen LogP) is 6.14. The van der Waals surface area contributed by atoms with Crippen molar-refractivity contribution >= 4 is 11.6 Å². The van der Waals surface area contributed by atoms with Crippen molar-refractivity contribution in [1.82, 2.24) is 19.7 Å². The van der Waals surface area contributed by atoms with Crippen LogP contribution in [0.2, 0.25) is 0 Å². The molecule has 1 saturated heterocycles. The molecule has 6 rings (SSSR count). The molecule has 1 amide bonds. The molecular formula is C30H32F5N5O. The number of fused-ring (bicyclic) bond motifs is 1. The lowest BCUT2D eigenvalue weighted by molar-refractivity contribution is -0.138. The first kappa shape index (κ1) is 27.8. The number of nitrogens with zero attached hydrogens (tertiary/aromatic N) is 5. The van der Waals surface area contributed by atoms with E-state index in [1.165, 1.54) is 17.3 Å². The fourth-order valence-electron chi connectivity index (χ4n) is 6.85. The number of carbonyl (C=O) groups excluding carboxylic acids is 1. The maximum absolute atomic E-state index is 14.3. The van der Waals surface area contributed by atoms with Gasteiger partial charge in [0, 0.05) is 56.1 Å². The van der Waals surface area contributed by atoms with Gasteiger partial charge in [-0.05, 0) is 66.3 Å². The molecule has 1 atom stereocenters. The van der Waals surface area contributed by atoms with Gasteiger partial charge >= 0.3 is 6.18 Å². The Labute approximate surface area is 235 Å². The number of halogens is 5. The summed E-state index contributed by atoms with van der Waals surface area (Å²) in [7, 11) is 1.74. The molecule has 1 unspecified atom stereocenters. The zero-order valence-electron chi connectivity index (χ0n) is 23.0. The molecule has 0 spiro atoms. The average molecular weight is 574 g/mol. The number of carbonyl (C=O) groups is 1. The van der Waals surface area contributed by atoms with Gasteiger partial charge in [0.1, 0.15) is 12.2 Å². The number of alkyl halides is 5. The predicted molar refractivity (Wildman–Crippen MR) is 143 cm³/mol. The van der Waals surface area contributed by atoms with Crippen LogP contribution in [0.25, 0.3) is 0 Å². The molecule has 6 nitrogen and oxygen atoms in total. The van der Waals surface area contributed by atoms with E-state index in [2.05, 4.69) is 22.0 Å². The molecule has 3 aromatic rings. The molecule has 2 aromatic carbocycles. The number of aromatic nitrogens is 3. The highest BCUT2D eigenvalue weighted by atomic mass is 19.4. The SMILES string of the molecule is CC1CCCN(Cc2cc3c(c(C(F)(F)F)c2)CN(c2cccc(C4(Cc5nncn5C)CC(F)(F)C4)c2)C3=O)C1. The van der Waals surface area contributed by atoms with Gasteiger partial charge in [0.25, 0.3) is 5.91 Å². The third kappa shape index (κ3) is 5.24. The summed E-state index contributed by atoms with van der Waals surface area (Å²) in [6, 6.07) is 9.49. The minimum absolute atomic E-state index is 0.0485. The van der Waals surface area contributed by atoms with Gasteiger partial charge in [-0.3, -0.25) is 9.69 Å². The summed E-state index contributed by atoms with van der Waals surface area (Å²) < 4.78 is 73.0. The van der Waals surface area contributed by atoms with Crippen molar-refractivity contribution in [2.24, 2.45) is 13.0 Å². The van der Waals surface area contributed by atoms with Gasteiger partial charge in [0.15, 0.2) is 0 Å². The fourth-order valence-corrected chi connectivity index (χ4v) is 6.85. The summed E-state index contributed by atoms with van der Waals surface area (Å²) in [6.45, 7) is 3.86. The summed E-state index contributed by atoms with van der Waals surface area (Å²) in [5, 5.41) is 7.94. The van der Waals surface area contributed by atoms with Crippen LogP contribution in [0.15, 0.2) is 42.7 Å². The first-order chi connectivity index (χ1) is 19.3. The molecule has 2 fully saturated rings. The number of anilines is 1. The lowest BCUT2D eigenvalue weighted by atomic mass is 9.60. The number of hydrogen-bond acceptors (Lipinski definition) is 4. The largest absolute Gasteiger partial charge is 0.416 e. The lowest BCUT2D eigenvalue weighted by Gasteiger charge is -2.48. The fraction of sp³-hybridized carbons (Fsp3) is 0.500. The van der Waals surface area contributed by atoms with Crippen LogP contribution in [0, 0.1) is 5.92 Å². The van der Waals surface area contributed by atoms with Crippen LogP contribution in [-0.4, -0.2) is 44.6 Å². The maximum Gasteiger partial charge on any atom is 0.416 e. The Bertz CT molecular complexity index is 1470. The zero-order valence-corrected chi connectivity index (χ0v) is 23.0. The smallest absolute Gasteiger partial charge is 0.321 e. The number of benzene rings is 2. The molecule has 41 heavy (non-hydrogen) atoms. The summed E-state index contributed by atoms with van der Waals surface area (Å²) >= 11 is 0.